The fourth-order valence-corrected chi connectivity index (χ4v) is 2.65. The molecule has 5 nitrogen and oxygen atoms in total. The Kier molecular flexibility index (Phi) is 7.13. The molecular formula is C15H22Cl2N4O. The van der Waals surface area contributed by atoms with Gasteiger partial charge in [0.05, 0.1) is 11.0 Å². The van der Waals surface area contributed by atoms with Crippen LogP contribution in [-0.2, 0) is 11.2 Å². The van der Waals surface area contributed by atoms with Crippen LogP contribution in [0, 0.1) is 6.92 Å². The number of aromatic nitrogens is 2. The van der Waals surface area contributed by atoms with E-state index < -0.39 is 0 Å². The lowest BCUT2D eigenvalue weighted by Gasteiger charge is -2.10. The van der Waals surface area contributed by atoms with Gasteiger partial charge in [-0.1, -0.05) is 12.1 Å². The maximum atomic E-state index is 11.9. The number of hydrogen-bond donors (Lipinski definition) is 3. The van der Waals surface area contributed by atoms with Gasteiger partial charge in [-0.2, -0.15) is 0 Å². The number of aryl methyl sites for hydroxylation is 2. The number of halogens is 2. The second-order valence-corrected chi connectivity index (χ2v) is 5.41. The average Bonchev–Trinajstić information content (AvgIpc) is 3.06. The third-order valence-corrected chi connectivity index (χ3v) is 3.78. The van der Waals surface area contributed by atoms with Gasteiger partial charge in [0.1, 0.15) is 5.82 Å². The number of H-pyrrole nitrogens is 1. The minimum atomic E-state index is 0. The van der Waals surface area contributed by atoms with E-state index in [1.165, 1.54) is 0 Å². The lowest BCUT2D eigenvalue weighted by molar-refractivity contribution is -0.121. The molecule has 2 aromatic rings. The fourth-order valence-electron chi connectivity index (χ4n) is 2.65. The first-order valence-electron chi connectivity index (χ1n) is 7.16. The molecule has 22 heavy (non-hydrogen) atoms. The summed E-state index contributed by atoms with van der Waals surface area (Å²) in [7, 11) is 0. The summed E-state index contributed by atoms with van der Waals surface area (Å²) in [6.07, 6.45) is 2.16. The molecule has 1 amide bonds. The first kappa shape index (κ1) is 18.7. The van der Waals surface area contributed by atoms with Crippen LogP contribution in [0.15, 0.2) is 18.2 Å². The summed E-state index contributed by atoms with van der Waals surface area (Å²) in [6, 6.07) is 6.37. The van der Waals surface area contributed by atoms with E-state index in [0.29, 0.717) is 18.9 Å². The maximum Gasteiger partial charge on any atom is 0.220 e. The molecule has 0 saturated carbocycles. The number of imidazole rings is 1. The van der Waals surface area contributed by atoms with Crippen LogP contribution in [0.3, 0.4) is 0 Å². The first-order valence-corrected chi connectivity index (χ1v) is 7.16. The number of nitrogens with one attached hydrogen (secondary N) is 3. The summed E-state index contributed by atoms with van der Waals surface area (Å²) in [4.78, 5) is 19.7. The molecule has 1 unspecified atom stereocenters. The minimum Gasteiger partial charge on any atom is -0.352 e. The minimum absolute atomic E-state index is 0. The number of amides is 1. The van der Waals surface area contributed by atoms with E-state index in [-0.39, 0.29) is 30.7 Å². The average molecular weight is 345 g/mol. The van der Waals surface area contributed by atoms with Crippen LogP contribution < -0.4 is 10.6 Å². The molecule has 3 rings (SSSR count). The molecule has 0 aliphatic carbocycles. The number of hydrogen-bond acceptors (Lipinski definition) is 3. The largest absolute Gasteiger partial charge is 0.352 e. The van der Waals surface area contributed by atoms with Crippen molar-refractivity contribution in [2.45, 2.75) is 32.2 Å². The van der Waals surface area contributed by atoms with Crippen molar-refractivity contribution in [1.29, 1.82) is 0 Å². The topological polar surface area (TPSA) is 69.8 Å². The van der Waals surface area contributed by atoms with Crippen molar-refractivity contribution < 1.29 is 4.79 Å². The van der Waals surface area contributed by atoms with Gasteiger partial charge in [-0.15, -0.1) is 24.8 Å². The molecular weight excluding hydrogens is 323 g/mol. The number of nitrogens with zero attached hydrogens (tertiary/aromatic N) is 1. The quantitative estimate of drug-likeness (QED) is 0.795. The Morgan fingerprint density at radius 2 is 2.23 bits per heavy atom. The molecule has 1 aliphatic heterocycles. The van der Waals surface area contributed by atoms with Gasteiger partial charge in [0, 0.05) is 25.4 Å². The van der Waals surface area contributed by atoms with E-state index in [1.807, 2.05) is 25.1 Å². The van der Waals surface area contributed by atoms with Crippen molar-refractivity contribution in [3.63, 3.8) is 0 Å². The smallest absolute Gasteiger partial charge is 0.220 e. The van der Waals surface area contributed by atoms with Crippen molar-refractivity contribution >= 4 is 41.8 Å². The molecule has 1 aliphatic rings. The summed E-state index contributed by atoms with van der Waals surface area (Å²) in [6.45, 7) is 3.93. The van der Waals surface area contributed by atoms with Crippen LogP contribution in [-0.4, -0.2) is 35.0 Å². The third-order valence-electron chi connectivity index (χ3n) is 3.78. The Morgan fingerprint density at radius 3 is 2.91 bits per heavy atom. The van der Waals surface area contributed by atoms with Gasteiger partial charge in [0.25, 0.3) is 0 Å². The normalized spacial score (nSPS) is 16.9. The monoisotopic (exact) mass is 344 g/mol. The summed E-state index contributed by atoms with van der Waals surface area (Å²) in [5, 5.41) is 6.29. The Balaban J connectivity index is 0.00000121. The molecule has 1 atom stereocenters. The molecule has 1 saturated heterocycles. The summed E-state index contributed by atoms with van der Waals surface area (Å²) < 4.78 is 0. The highest BCUT2D eigenvalue weighted by atomic mass is 35.5. The molecule has 0 radical (unpaired) electrons. The van der Waals surface area contributed by atoms with Crippen LogP contribution in [0.4, 0.5) is 0 Å². The van der Waals surface area contributed by atoms with Crippen LogP contribution in [0.5, 0.6) is 0 Å². The SMILES string of the molecule is Cc1cccc2[nH]c(CCC(=O)NC3CCNC3)nc12.Cl.Cl. The number of para-hydroxylation sites is 1. The zero-order chi connectivity index (χ0) is 13.9. The second-order valence-electron chi connectivity index (χ2n) is 5.41. The van der Waals surface area contributed by atoms with Crippen LogP contribution in [0.2, 0.25) is 0 Å². The van der Waals surface area contributed by atoms with Crippen molar-refractivity contribution in [3.8, 4) is 0 Å². The van der Waals surface area contributed by atoms with Crippen LogP contribution >= 0.6 is 24.8 Å². The summed E-state index contributed by atoms with van der Waals surface area (Å²) >= 11 is 0. The van der Waals surface area contributed by atoms with E-state index in [1.54, 1.807) is 0 Å². The van der Waals surface area contributed by atoms with Crippen molar-refractivity contribution in [3.05, 3.63) is 29.6 Å². The highest BCUT2D eigenvalue weighted by Crippen LogP contribution is 2.16. The van der Waals surface area contributed by atoms with Crippen molar-refractivity contribution in [2.24, 2.45) is 0 Å². The molecule has 1 aromatic carbocycles. The van der Waals surface area contributed by atoms with Crippen LogP contribution in [0.1, 0.15) is 24.2 Å². The molecule has 2 heterocycles. The second kappa shape index (κ2) is 8.36. The lowest BCUT2D eigenvalue weighted by atomic mass is 10.2. The molecule has 7 heteroatoms. The molecule has 0 spiro atoms. The lowest BCUT2D eigenvalue weighted by Crippen LogP contribution is -2.36. The molecule has 0 bridgehead atoms. The number of fused-ring (bicyclic) bond motifs is 1. The Bertz CT molecular complexity index is 623. The standard InChI is InChI=1S/C15H20N4O.2ClH/c1-10-3-2-4-12-15(10)19-13(18-12)5-6-14(20)17-11-7-8-16-9-11;;/h2-4,11,16H,5-9H2,1H3,(H,17,20)(H,18,19);2*1H. The zero-order valence-corrected chi connectivity index (χ0v) is 14.1. The molecule has 1 fully saturated rings. The predicted octanol–water partition coefficient (Wildman–Crippen LogP) is 2.13. The zero-order valence-electron chi connectivity index (χ0n) is 12.5. The Morgan fingerprint density at radius 1 is 1.41 bits per heavy atom. The van der Waals surface area contributed by atoms with Gasteiger partial charge in [-0.25, -0.2) is 4.98 Å². The van der Waals surface area contributed by atoms with Gasteiger partial charge >= 0.3 is 0 Å². The van der Waals surface area contributed by atoms with E-state index in [0.717, 1.165) is 41.9 Å². The highest BCUT2D eigenvalue weighted by molar-refractivity contribution is 5.85. The first-order chi connectivity index (χ1) is 9.72. The number of carbonyl (C=O) groups is 1. The van der Waals surface area contributed by atoms with E-state index in [9.17, 15) is 4.79 Å². The number of carbonyl (C=O) groups excluding carboxylic acids is 1. The Labute approximate surface area is 142 Å². The van der Waals surface area contributed by atoms with E-state index in [4.69, 9.17) is 0 Å². The van der Waals surface area contributed by atoms with Crippen LogP contribution in [0.25, 0.3) is 11.0 Å². The third kappa shape index (κ3) is 4.35. The van der Waals surface area contributed by atoms with Crippen molar-refractivity contribution in [1.82, 2.24) is 20.6 Å². The summed E-state index contributed by atoms with van der Waals surface area (Å²) in [5.41, 5.74) is 3.20. The fraction of sp³-hybridized carbons (Fsp3) is 0.467. The maximum absolute atomic E-state index is 11.9. The number of benzene rings is 1. The van der Waals surface area contributed by atoms with Gasteiger partial charge in [0.15, 0.2) is 0 Å². The van der Waals surface area contributed by atoms with Gasteiger partial charge in [-0.05, 0) is 31.5 Å². The number of rotatable bonds is 4. The van der Waals surface area contributed by atoms with Crippen molar-refractivity contribution in [2.75, 3.05) is 13.1 Å². The predicted molar refractivity (Wildman–Crippen MR) is 93.1 cm³/mol. The van der Waals surface area contributed by atoms with E-state index >= 15 is 0 Å². The Hall–Kier alpha value is -1.30. The summed E-state index contributed by atoms with van der Waals surface area (Å²) in [5.74, 6) is 0.991. The van der Waals surface area contributed by atoms with Gasteiger partial charge < -0.3 is 15.6 Å². The number of aromatic amines is 1. The molecule has 122 valence electrons. The molecule has 3 N–H and O–H groups in total. The van der Waals surface area contributed by atoms with Gasteiger partial charge in [-0.3, -0.25) is 4.79 Å². The highest BCUT2D eigenvalue weighted by Gasteiger charge is 2.16. The van der Waals surface area contributed by atoms with E-state index in [2.05, 4.69) is 20.6 Å². The molecule has 1 aromatic heterocycles. The van der Waals surface area contributed by atoms with Gasteiger partial charge in [0.2, 0.25) is 5.91 Å².